The largest absolute Gasteiger partial charge is 0.452 e. The van der Waals surface area contributed by atoms with Crippen LogP contribution in [0.1, 0.15) is 35.3 Å². The molecule has 0 aliphatic rings. The lowest BCUT2D eigenvalue weighted by Gasteiger charge is -2.14. The monoisotopic (exact) mass is 385 g/mol. The number of hydrogen-bond acceptors (Lipinski definition) is 5. The van der Waals surface area contributed by atoms with Gasteiger partial charge >= 0.3 is 5.97 Å². The van der Waals surface area contributed by atoms with Gasteiger partial charge in [0.25, 0.3) is 5.91 Å². The Morgan fingerprint density at radius 1 is 1.07 bits per heavy atom. The lowest BCUT2D eigenvalue weighted by Crippen LogP contribution is -2.30. The van der Waals surface area contributed by atoms with Crippen LogP contribution in [0.15, 0.2) is 47.4 Å². The zero-order chi connectivity index (χ0) is 20.0. The number of ether oxygens (including phenoxy) is 1. The highest BCUT2D eigenvalue weighted by molar-refractivity contribution is 8.00. The number of hydrogen-bond donors (Lipinski definition) is 1. The molecular weight excluding hydrogens is 362 g/mol. The van der Waals surface area contributed by atoms with Crippen molar-refractivity contribution in [1.29, 1.82) is 0 Å². The van der Waals surface area contributed by atoms with Crippen LogP contribution in [-0.4, -0.2) is 29.5 Å². The fourth-order valence-electron chi connectivity index (χ4n) is 2.41. The topological polar surface area (TPSA) is 72.5 Å². The van der Waals surface area contributed by atoms with E-state index in [0.717, 1.165) is 10.5 Å². The van der Waals surface area contributed by atoms with Crippen LogP contribution in [-0.2, 0) is 14.3 Å². The van der Waals surface area contributed by atoms with Crippen LogP contribution in [0.4, 0.5) is 5.69 Å². The minimum Gasteiger partial charge on any atom is -0.452 e. The number of benzene rings is 2. The Kier molecular flexibility index (Phi) is 7.19. The summed E-state index contributed by atoms with van der Waals surface area (Å²) in [5, 5.41) is 2.67. The number of rotatable bonds is 7. The summed E-state index contributed by atoms with van der Waals surface area (Å²) in [6.07, 6.45) is -0.912. The molecule has 2 rings (SSSR count). The van der Waals surface area contributed by atoms with E-state index < -0.39 is 18.0 Å². The highest BCUT2D eigenvalue weighted by Gasteiger charge is 2.18. The normalized spacial score (nSPS) is 11.6. The molecule has 1 amide bonds. The lowest BCUT2D eigenvalue weighted by atomic mass is 10.1. The van der Waals surface area contributed by atoms with E-state index in [9.17, 15) is 14.4 Å². The van der Waals surface area contributed by atoms with Gasteiger partial charge in [0, 0.05) is 16.1 Å². The highest BCUT2D eigenvalue weighted by Crippen LogP contribution is 2.23. The lowest BCUT2D eigenvalue weighted by molar-refractivity contribution is -0.150. The molecule has 0 bridgehead atoms. The molecular formula is C21H23NO4S. The van der Waals surface area contributed by atoms with E-state index in [1.807, 2.05) is 26.0 Å². The molecule has 2 aromatic carbocycles. The average molecular weight is 385 g/mol. The molecule has 6 heteroatoms. The first-order chi connectivity index (χ1) is 12.8. The van der Waals surface area contributed by atoms with Crippen LogP contribution in [0, 0.1) is 13.8 Å². The van der Waals surface area contributed by atoms with Crippen molar-refractivity contribution < 1.29 is 19.1 Å². The summed E-state index contributed by atoms with van der Waals surface area (Å²) in [5.74, 6) is -0.782. The van der Waals surface area contributed by atoms with Gasteiger partial charge in [-0.15, -0.1) is 11.8 Å². The second-order valence-corrected chi connectivity index (χ2v) is 7.33. The third-order valence-corrected chi connectivity index (χ3v) is 5.06. The first-order valence-corrected chi connectivity index (χ1v) is 9.56. The van der Waals surface area contributed by atoms with Crippen molar-refractivity contribution in [2.24, 2.45) is 0 Å². The maximum atomic E-state index is 12.2. The van der Waals surface area contributed by atoms with Crippen LogP contribution in [0.3, 0.4) is 0 Å². The number of Topliss-reactive ketones (excluding diaryl/α,β-unsaturated/α-hetero) is 1. The number of esters is 1. The van der Waals surface area contributed by atoms with Gasteiger partial charge in [-0.05, 0) is 63.6 Å². The maximum Gasteiger partial charge on any atom is 0.317 e. The Bertz CT molecular complexity index is 846. The molecule has 0 saturated heterocycles. The van der Waals surface area contributed by atoms with Crippen LogP contribution < -0.4 is 5.32 Å². The standard InChI is InChI=1S/C21H23NO4S/c1-13-5-10-19(14(2)11-13)27-12-20(24)26-16(4)21(25)22-18-8-6-17(7-9-18)15(3)23/h5-11,16H,12H2,1-4H3,(H,22,25)/t16-/m1/s1. The molecule has 0 aliphatic heterocycles. The molecule has 0 spiro atoms. The summed E-state index contributed by atoms with van der Waals surface area (Å²) in [5.41, 5.74) is 3.38. The minimum atomic E-state index is -0.912. The predicted molar refractivity (Wildman–Crippen MR) is 107 cm³/mol. The summed E-state index contributed by atoms with van der Waals surface area (Å²) >= 11 is 1.39. The first kappa shape index (κ1) is 20.7. The second kappa shape index (κ2) is 9.37. The minimum absolute atomic E-state index is 0.0449. The molecule has 142 valence electrons. The highest BCUT2D eigenvalue weighted by atomic mass is 32.2. The van der Waals surface area contributed by atoms with E-state index in [1.54, 1.807) is 24.3 Å². The van der Waals surface area contributed by atoms with Crippen molar-refractivity contribution in [2.75, 3.05) is 11.1 Å². The Hall–Kier alpha value is -2.60. The van der Waals surface area contributed by atoms with Crippen molar-refractivity contribution in [3.8, 4) is 0 Å². The Morgan fingerprint density at radius 2 is 1.74 bits per heavy atom. The molecule has 27 heavy (non-hydrogen) atoms. The van der Waals surface area contributed by atoms with Crippen molar-refractivity contribution in [3.63, 3.8) is 0 Å². The fourth-order valence-corrected chi connectivity index (χ4v) is 3.21. The smallest absolute Gasteiger partial charge is 0.317 e. The number of carbonyl (C=O) groups is 3. The molecule has 2 aromatic rings. The number of amides is 1. The van der Waals surface area contributed by atoms with Gasteiger partial charge in [-0.2, -0.15) is 0 Å². The number of carbonyl (C=O) groups excluding carboxylic acids is 3. The van der Waals surface area contributed by atoms with Crippen molar-refractivity contribution in [2.45, 2.75) is 38.7 Å². The molecule has 0 heterocycles. The van der Waals surface area contributed by atoms with Gasteiger partial charge in [-0.1, -0.05) is 17.7 Å². The first-order valence-electron chi connectivity index (χ1n) is 8.57. The number of ketones is 1. The maximum absolute atomic E-state index is 12.2. The number of anilines is 1. The molecule has 1 N–H and O–H groups in total. The number of thioether (sulfide) groups is 1. The summed E-state index contributed by atoms with van der Waals surface area (Å²) in [4.78, 5) is 36.5. The fraction of sp³-hybridized carbons (Fsp3) is 0.286. The van der Waals surface area contributed by atoms with E-state index in [4.69, 9.17) is 4.74 Å². The van der Waals surface area contributed by atoms with Crippen LogP contribution in [0.2, 0.25) is 0 Å². The Labute approximate surface area is 163 Å². The van der Waals surface area contributed by atoms with Crippen molar-refractivity contribution in [3.05, 3.63) is 59.2 Å². The molecule has 0 unspecified atom stereocenters. The van der Waals surface area contributed by atoms with Gasteiger partial charge in [0.2, 0.25) is 0 Å². The molecule has 0 aromatic heterocycles. The van der Waals surface area contributed by atoms with E-state index >= 15 is 0 Å². The van der Waals surface area contributed by atoms with Gasteiger partial charge in [0.05, 0.1) is 5.75 Å². The van der Waals surface area contributed by atoms with E-state index in [1.165, 1.54) is 31.2 Å². The van der Waals surface area contributed by atoms with Gasteiger partial charge in [-0.25, -0.2) is 0 Å². The number of nitrogens with one attached hydrogen (secondary N) is 1. The zero-order valence-corrected chi connectivity index (χ0v) is 16.7. The SMILES string of the molecule is CC(=O)c1ccc(NC(=O)[C@@H](C)OC(=O)CSc2ccc(C)cc2C)cc1. The van der Waals surface area contributed by atoms with Crippen LogP contribution >= 0.6 is 11.8 Å². The summed E-state index contributed by atoms with van der Waals surface area (Å²) < 4.78 is 5.21. The zero-order valence-electron chi connectivity index (χ0n) is 15.9. The second-order valence-electron chi connectivity index (χ2n) is 6.31. The summed E-state index contributed by atoms with van der Waals surface area (Å²) in [7, 11) is 0. The van der Waals surface area contributed by atoms with Crippen molar-refractivity contribution in [1.82, 2.24) is 0 Å². The Balaban J connectivity index is 1.84. The molecule has 0 saturated carbocycles. The van der Waals surface area contributed by atoms with Gasteiger partial charge in [0.1, 0.15) is 0 Å². The van der Waals surface area contributed by atoms with Gasteiger partial charge < -0.3 is 10.1 Å². The van der Waals surface area contributed by atoms with Gasteiger partial charge in [-0.3, -0.25) is 14.4 Å². The molecule has 0 fully saturated rings. The molecule has 1 atom stereocenters. The van der Waals surface area contributed by atoms with Crippen LogP contribution in [0.25, 0.3) is 0 Å². The molecule has 5 nitrogen and oxygen atoms in total. The Morgan fingerprint density at radius 3 is 2.33 bits per heavy atom. The van der Waals surface area contributed by atoms with Crippen molar-refractivity contribution >= 4 is 35.1 Å². The third-order valence-electron chi connectivity index (χ3n) is 3.91. The van der Waals surface area contributed by atoms with E-state index in [-0.39, 0.29) is 11.5 Å². The average Bonchev–Trinajstić information content (AvgIpc) is 2.61. The third kappa shape index (κ3) is 6.25. The number of aryl methyl sites for hydroxylation is 2. The molecule has 0 aliphatic carbocycles. The summed E-state index contributed by atoms with van der Waals surface area (Å²) in [6, 6.07) is 12.6. The predicted octanol–water partition coefficient (Wildman–Crippen LogP) is 4.17. The van der Waals surface area contributed by atoms with E-state index in [0.29, 0.717) is 11.3 Å². The van der Waals surface area contributed by atoms with E-state index in [2.05, 4.69) is 11.4 Å². The summed E-state index contributed by atoms with van der Waals surface area (Å²) in [6.45, 7) is 7.02. The quantitative estimate of drug-likeness (QED) is 0.440. The van der Waals surface area contributed by atoms with Gasteiger partial charge in [0.15, 0.2) is 11.9 Å². The molecule has 0 radical (unpaired) electrons. The van der Waals surface area contributed by atoms with Crippen LogP contribution in [0.5, 0.6) is 0 Å².